The Balaban J connectivity index is 1.64. The predicted molar refractivity (Wildman–Crippen MR) is 119 cm³/mol. The fourth-order valence-electron chi connectivity index (χ4n) is 2.49. The van der Waals surface area contributed by atoms with Gasteiger partial charge in [0.1, 0.15) is 12.4 Å². The molecule has 0 aromatic heterocycles. The van der Waals surface area contributed by atoms with Crippen LogP contribution in [0.1, 0.15) is 0 Å². The minimum Gasteiger partial charge on any atom is -0.490 e. The van der Waals surface area contributed by atoms with Crippen LogP contribution in [-0.4, -0.2) is 6.61 Å². The highest BCUT2D eigenvalue weighted by Gasteiger charge is 2.04. The average molecular weight is 413 g/mol. The van der Waals surface area contributed by atoms with Crippen molar-refractivity contribution in [3.05, 3.63) is 106 Å². The molecule has 3 aromatic rings. The van der Waals surface area contributed by atoms with Crippen molar-refractivity contribution in [2.75, 3.05) is 6.61 Å². The number of ether oxygens (including phenoxy) is 1. The minimum absolute atomic E-state index is 0.469. The number of benzene rings is 3. The number of rotatable bonds is 7. The molecular weight excluding hydrogens is 395 g/mol. The van der Waals surface area contributed by atoms with E-state index in [9.17, 15) is 0 Å². The van der Waals surface area contributed by atoms with Crippen molar-refractivity contribution in [1.82, 2.24) is 0 Å². The highest BCUT2D eigenvalue weighted by Crippen LogP contribution is 2.35. The van der Waals surface area contributed by atoms with Crippen molar-refractivity contribution in [3.63, 3.8) is 0 Å². The molecule has 0 radical (unpaired) electrons. The lowest BCUT2D eigenvalue weighted by atomic mass is 10.1. The average Bonchev–Trinajstić information content (AvgIpc) is 2.68. The number of fused-ring (bicyclic) bond motifs is 1. The summed E-state index contributed by atoms with van der Waals surface area (Å²) >= 11 is 13.8. The van der Waals surface area contributed by atoms with E-state index in [0.29, 0.717) is 16.7 Å². The molecule has 3 rings (SSSR count). The molecule has 0 spiro atoms. The number of hydrogen-bond acceptors (Lipinski definition) is 2. The van der Waals surface area contributed by atoms with E-state index in [4.69, 9.17) is 27.9 Å². The molecule has 0 fully saturated rings. The fourth-order valence-corrected chi connectivity index (χ4v) is 3.89. The Morgan fingerprint density at radius 1 is 1.00 bits per heavy atom. The molecule has 0 atom stereocenters. The van der Waals surface area contributed by atoms with Crippen molar-refractivity contribution in [2.45, 2.75) is 4.90 Å². The van der Waals surface area contributed by atoms with Gasteiger partial charge in [0, 0.05) is 14.8 Å². The summed E-state index contributed by atoms with van der Waals surface area (Å²) in [5, 5.41) is 3.69. The third-order valence-corrected chi connectivity index (χ3v) is 5.49. The molecule has 0 saturated heterocycles. The molecule has 136 valence electrons. The second-order valence-electron chi connectivity index (χ2n) is 5.70. The van der Waals surface area contributed by atoms with Crippen molar-refractivity contribution < 1.29 is 4.74 Å². The SMILES string of the molecule is C=C/C=C(\C=C/COc1ccc2ccccc2c1)Sc1cc(Cl)ccc1Cl. The Labute approximate surface area is 173 Å². The van der Waals surface area contributed by atoms with Crippen LogP contribution in [0.4, 0.5) is 0 Å². The summed E-state index contributed by atoms with van der Waals surface area (Å²) in [7, 11) is 0. The van der Waals surface area contributed by atoms with Gasteiger partial charge in [0.05, 0.1) is 5.02 Å². The van der Waals surface area contributed by atoms with Crippen LogP contribution in [0, 0.1) is 0 Å². The topological polar surface area (TPSA) is 9.23 Å². The zero-order valence-corrected chi connectivity index (χ0v) is 16.9. The lowest BCUT2D eigenvalue weighted by Crippen LogP contribution is -1.93. The molecule has 1 nitrogen and oxygen atoms in total. The van der Waals surface area contributed by atoms with E-state index in [1.54, 1.807) is 18.2 Å². The van der Waals surface area contributed by atoms with Gasteiger partial charge in [0.25, 0.3) is 0 Å². The predicted octanol–water partition coefficient (Wildman–Crippen LogP) is 7.94. The van der Waals surface area contributed by atoms with Gasteiger partial charge in [-0.15, -0.1) is 0 Å². The van der Waals surface area contributed by atoms with Gasteiger partial charge in [-0.05, 0) is 59.3 Å². The minimum atomic E-state index is 0.469. The second kappa shape index (κ2) is 9.70. The van der Waals surface area contributed by atoms with Crippen LogP contribution in [0.5, 0.6) is 5.75 Å². The maximum Gasteiger partial charge on any atom is 0.120 e. The van der Waals surface area contributed by atoms with Gasteiger partial charge in [-0.1, -0.05) is 78.0 Å². The van der Waals surface area contributed by atoms with E-state index >= 15 is 0 Å². The van der Waals surface area contributed by atoms with Gasteiger partial charge in [-0.3, -0.25) is 0 Å². The lowest BCUT2D eigenvalue weighted by Gasteiger charge is -2.07. The summed E-state index contributed by atoms with van der Waals surface area (Å²) in [6, 6.07) is 19.7. The maximum atomic E-state index is 6.25. The summed E-state index contributed by atoms with van der Waals surface area (Å²) in [5.74, 6) is 0.845. The van der Waals surface area contributed by atoms with Gasteiger partial charge in [-0.2, -0.15) is 0 Å². The first kappa shape index (κ1) is 19.6. The van der Waals surface area contributed by atoms with Crippen molar-refractivity contribution in [3.8, 4) is 5.75 Å². The zero-order valence-electron chi connectivity index (χ0n) is 14.6. The molecule has 0 aliphatic heterocycles. The summed E-state index contributed by atoms with van der Waals surface area (Å²) in [5.41, 5.74) is 0. The molecule has 0 aliphatic rings. The first-order chi connectivity index (χ1) is 13.2. The Morgan fingerprint density at radius 2 is 1.81 bits per heavy atom. The Bertz CT molecular complexity index is 1010. The van der Waals surface area contributed by atoms with Gasteiger partial charge in [0.2, 0.25) is 0 Å². The first-order valence-corrected chi connectivity index (χ1v) is 9.97. The molecule has 0 unspecified atom stereocenters. The van der Waals surface area contributed by atoms with E-state index in [2.05, 4.69) is 24.8 Å². The van der Waals surface area contributed by atoms with Crippen LogP contribution in [0.15, 0.2) is 101 Å². The largest absolute Gasteiger partial charge is 0.490 e. The monoisotopic (exact) mass is 412 g/mol. The molecule has 3 aromatic carbocycles. The smallest absolute Gasteiger partial charge is 0.120 e. The number of allylic oxidation sites excluding steroid dienone is 3. The van der Waals surface area contributed by atoms with Crippen molar-refractivity contribution in [1.29, 1.82) is 0 Å². The molecule has 0 aliphatic carbocycles. The number of thioether (sulfide) groups is 1. The van der Waals surface area contributed by atoms with Gasteiger partial charge < -0.3 is 4.74 Å². The van der Waals surface area contributed by atoms with Gasteiger partial charge in [-0.25, -0.2) is 0 Å². The van der Waals surface area contributed by atoms with E-state index in [1.165, 1.54) is 17.1 Å². The molecule has 0 amide bonds. The summed E-state index contributed by atoms with van der Waals surface area (Å²) < 4.78 is 5.84. The van der Waals surface area contributed by atoms with E-state index < -0.39 is 0 Å². The lowest BCUT2D eigenvalue weighted by molar-refractivity contribution is 0.363. The normalized spacial score (nSPS) is 11.9. The Morgan fingerprint density at radius 3 is 2.63 bits per heavy atom. The third-order valence-electron chi connectivity index (χ3n) is 3.75. The van der Waals surface area contributed by atoms with Crippen molar-refractivity contribution in [2.24, 2.45) is 0 Å². The Kier molecular flexibility index (Phi) is 7.05. The van der Waals surface area contributed by atoms with Crippen LogP contribution in [0.3, 0.4) is 0 Å². The standard InChI is InChI=1S/C23H18Cl2OS/c1-2-6-21(27-23-16-19(24)11-13-22(23)25)9-5-14-26-20-12-10-17-7-3-4-8-18(17)15-20/h2-13,15-16H,1,14H2/b9-5-,21-6+. The molecule has 0 saturated carbocycles. The van der Waals surface area contributed by atoms with Crippen LogP contribution in [0.25, 0.3) is 10.8 Å². The highest BCUT2D eigenvalue weighted by molar-refractivity contribution is 8.03. The molecule has 0 bridgehead atoms. The number of halogens is 2. The molecule has 0 N–H and O–H groups in total. The number of hydrogen-bond donors (Lipinski definition) is 0. The third kappa shape index (κ3) is 5.67. The molecule has 0 heterocycles. The highest BCUT2D eigenvalue weighted by atomic mass is 35.5. The first-order valence-electron chi connectivity index (χ1n) is 8.39. The molecule has 27 heavy (non-hydrogen) atoms. The maximum absolute atomic E-state index is 6.25. The van der Waals surface area contributed by atoms with Gasteiger partial charge in [0.15, 0.2) is 0 Å². The van der Waals surface area contributed by atoms with Crippen LogP contribution in [-0.2, 0) is 0 Å². The summed E-state index contributed by atoms with van der Waals surface area (Å²) in [6.07, 6.45) is 7.63. The second-order valence-corrected chi connectivity index (χ2v) is 7.66. The van der Waals surface area contributed by atoms with E-state index in [0.717, 1.165) is 20.9 Å². The van der Waals surface area contributed by atoms with Crippen LogP contribution < -0.4 is 4.74 Å². The molecule has 4 heteroatoms. The van der Waals surface area contributed by atoms with Gasteiger partial charge >= 0.3 is 0 Å². The van der Waals surface area contributed by atoms with Crippen LogP contribution in [0.2, 0.25) is 10.0 Å². The van der Waals surface area contributed by atoms with E-state index in [-0.39, 0.29) is 0 Å². The Hall–Kier alpha value is -2.13. The summed E-state index contributed by atoms with van der Waals surface area (Å²) in [4.78, 5) is 1.90. The fraction of sp³-hybridized carbons (Fsp3) is 0.0435. The van der Waals surface area contributed by atoms with Crippen LogP contribution >= 0.6 is 35.0 Å². The summed E-state index contributed by atoms with van der Waals surface area (Å²) in [6.45, 7) is 4.24. The zero-order chi connectivity index (χ0) is 19.1. The van der Waals surface area contributed by atoms with E-state index in [1.807, 2.05) is 48.6 Å². The van der Waals surface area contributed by atoms with Crippen molar-refractivity contribution >= 4 is 45.7 Å². The quantitative estimate of drug-likeness (QED) is 0.287. The molecular formula is C23H18Cl2OS.